The summed E-state index contributed by atoms with van der Waals surface area (Å²) in [5.74, 6) is -1.51. The van der Waals surface area contributed by atoms with Crippen LogP contribution in [-0.4, -0.2) is 25.7 Å². The van der Waals surface area contributed by atoms with Crippen LogP contribution in [0.3, 0.4) is 0 Å². The SMILES string of the molecule is Cc1cnc2c(C(=O)O)cnn2c1-c1ccccc1F. The number of fused-ring (bicyclic) bond motifs is 1. The number of aromatic carboxylic acids is 1. The Morgan fingerprint density at radius 2 is 2.05 bits per heavy atom. The van der Waals surface area contributed by atoms with Gasteiger partial charge in [0, 0.05) is 11.8 Å². The smallest absolute Gasteiger partial charge is 0.341 e. The van der Waals surface area contributed by atoms with Gasteiger partial charge in [0.05, 0.1) is 11.9 Å². The lowest BCUT2D eigenvalue weighted by Gasteiger charge is -2.09. The molecule has 2 aromatic heterocycles. The number of hydrogen-bond donors (Lipinski definition) is 1. The van der Waals surface area contributed by atoms with Crippen LogP contribution in [0.2, 0.25) is 0 Å². The van der Waals surface area contributed by atoms with Crippen molar-refractivity contribution in [1.29, 1.82) is 0 Å². The van der Waals surface area contributed by atoms with Crippen LogP contribution in [0.1, 0.15) is 15.9 Å². The Bertz CT molecular complexity index is 826. The maximum Gasteiger partial charge on any atom is 0.341 e. The summed E-state index contributed by atoms with van der Waals surface area (Å²) in [6.45, 7) is 1.77. The quantitative estimate of drug-likeness (QED) is 0.777. The Balaban J connectivity index is 2.39. The summed E-state index contributed by atoms with van der Waals surface area (Å²) in [6, 6.07) is 6.28. The van der Waals surface area contributed by atoms with Crippen molar-refractivity contribution in [3.63, 3.8) is 0 Å². The van der Waals surface area contributed by atoms with Gasteiger partial charge in [0.25, 0.3) is 0 Å². The van der Waals surface area contributed by atoms with E-state index in [1.807, 2.05) is 0 Å². The second-order valence-corrected chi connectivity index (χ2v) is 4.37. The first-order chi connectivity index (χ1) is 9.59. The molecule has 0 atom stereocenters. The Morgan fingerprint density at radius 1 is 1.30 bits per heavy atom. The van der Waals surface area contributed by atoms with Crippen molar-refractivity contribution in [2.45, 2.75) is 6.92 Å². The van der Waals surface area contributed by atoms with Crippen LogP contribution >= 0.6 is 0 Å². The Hall–Kier alpha value is -2.76. The fraction of sp³-hybridized carbons (Fsp3) is 0.0714. The summed E-state index contributed by atoms with van der Waals surface area (Å²) in [7, 11) is 0. The van der Waals surface area contributed by atoms with E-state index in [4.69, 9.17) is 5.11 Å². The Morgan fingerprint density at radius 3 is 2.75 bits per heavy atom. The van der Waals surface area contributed by atoms with Crippen LogP contribution in [0.5, 0.6) is 0 Å². The van der Waals surface area contributed by atoms with Crippen LogP contribution in [-0.2, 0) is 0 Å². The van der Waals surface area contributed by atoms with Gasteiger partial charge >= 0.3 is 5.97 Å². The van der Waals surface area contributed by atoms with Gasteiger partial charge in [0.15, 0.2) is 5.65 Å². The molecule has 3 aromatic rings. The molecule has 5 nitrogen and oxygen atoms in total. The van der Waals surface area contributed by atoms with Crippen LogP contribution in [0, 0.1) is 12.7 Å². The predicted octanol–water partition coefficient (Wildman–Crippen LogP) is 2.54. The van der Waals surface area contributed by atoms with Gasteiger partial charge in [-0.05, 0) is 24.6 Å². The van der Waals surface area contributed by atoms with Gasteiger partial charge in [-0.1, -0.05) is 12.1 Å². The summed E-state index contributed by atoms with van der Waals surface area (Å²) in [5.41, 5.74) is 1.75. The van der Waals surface area contributed by atoms with Crippen LogP contribution in [0.15, 0.2) is 36.7 Å². The lowest BCUT2D eigenvalue weighted by Crippen LogP contribution is -2.03. The molecule has 0 aliphatic heterocycles. The molecule has 0 fully saturated rings. The number of aromatic nitrogens is 3. The number of carboxylic acids is 1. The molecule has 0 amide bonds. The molecular weight excluding hydrogens is 261 g/mol. The summed E-state index contributed by atoms with van der Waals surface area (Å²) >= 11 is 0. The van der Waals surface area contributed by atoms with Gasteiger partial charge in [0.1, 0.15) is 11.4 Å². The van der Waals surface area contributed by atoms with E-state index >= 15 is 0 Å². The maximum absolute atomic E-state index is 14.0. The molecule has 1 aromatic carbocycles. The van der Waals surface area contributed by atoms with Crippen molar-refractivity contribution < 1.29 is 14.3 Å². The third-order valence-electron chi connectivity index (χ3n) is 3.07. The van der Waals surface area contributed by atoms with Gasteiger partial charge in [-0.2, -0.15) is 5.10 Å². The van der Waals surface area contributed by atoms with Crippen LogP contribution < -0.4 is 0 Å². The van der Waals surface area contributed by atoms with Gasteiger partial charge in [-0.15, -0.1) is 0 Å². The highest BCUT2D eigenvalue weighted by Crippen LogP contribution is 2.26. The molecule has 100 valence electrons. The summed E-state index contributed by atoms with van der Waals surface area (Å²) in [6.07, 6.45) is 2.74. The molecule has 0 saturated heterocycles. The van der Waals surface area contributed by atoms with Gasteiger partial charge in [0.2, 0.25) is 0 Å². The highest BCUT2D eigenvalue weighted by atomic mass is 19.1. The zero-order valence-corrected chi connectivity index (χ0v) is 10.5. The van der Waals surface area contributed by atoms with E-state index in [2.05, 4.69) is 10.1 Å². The molecule has 0 aliphatic carbocycles. The molecule has 0 unspecified atom stereocenters. The normalized spacial score (nSPS) is 10.9. The minimum absolute atomic E-state index is 0.0115. The molecule has 0 bridgehead atoms. The third-order valence-corrected chi connectivity index (χ3v) is 3.07. The largest absolute Gasteiger partial charge is 0.477 e. The minimum Gasteiger partial charge on any atom is -0.477 e. The van der Waals surface area contributed by atoms with E-state index in [-0.39, 0.29) is 11.2 Å². The minimum atomic E-state index is -1.11. The van der Waals surface area contributed by atoms with Crippen LogP contribution in [0.25, 0.3) is 16.9 Å². The van der Waals surface area contributed by atoms with Crippen molar-refractivity contribution in [3.8, 4) is 11.3 Å². The molecule has 0 spiro atoms. The van der Waals surface area contributed by atoms with E-state index in [9.17, 15) is 9.18 Å². The van der Waals surface area contributed by atoms with E-state index in [0.29, 0.717) is 16.8 Å². The second kappa shape index (κ2) is 4.41. The first kappa shape index (κ1) is 12.3. The lowest BCUT2D eigenvalue weighted by molar-refractivity contribution is 0.0699. The third kappa shape index (κ3) is 1.73. The molecule has 6 heteroatoms. The zero-order valence-electron chi connectivity index (χ0n) is 10.5. The zero-order chi connectivity index (χ0) is 14.3. The molecule has 0 aliphatic rings. The van der Waals surface area contributed by atoms with Crippen molar-refractivity contribution >= 4 is 11.6 Å². The number of carbonyl (C=O) groups is 1. The summed E-state index contributed by atoms with van der Waals surface area (Å²) in [5, 5.41) is 13.1. The number of carboxylic acid groups (broad SMARTS) is 1. The topological polar surface area (TPSA) is 67.5 Å². The maximum atomic E-state index is 14.0. The number of aryl methyl sites for hydroxylation is 1. The van der Waals surface area contributed by atoms with Gasteiger partial charge < -0.3 is 5.11 Å². The first-order valence-electron chi connectivity index (χ1n) is 5.91. The van der Waals surface area contributed by atoms with Crippen molar-refractivity contribution in [2.75, 3.05) is 0 Å². The average molecular weight is 271 g/mol. The highest BCUT2D eigenvalue weighted by Gasteiger charge is 2.18. The summed E-state index contributed by atoms with van der Waals surface area (Å²) in [4.78, 5) is 15.2. The standard InChI is InChI=1S/C14H10FN3O2/c1-8-6-16-13-10(14(19)20)7-17-18(13)12(8)9-4-2-3-5-11(9)15/h2-7H,1H3,(H,19,20). The van der Waals surface area contributed by atoms with Crippen molar-refractivity contribution in [1.82, 2.24) is 14.6 Å². The lowest BCUT2D eigenvalue weighted by atomic mass is 10.1. The number of benzene rings is 1. The molecule has 20 heavy (non-hydrogen) atoms. The molecule has 3 rings (SSSR count). The first-order valence-corrected chi connectivity index (χ1v) is 5.91. The van der Waals surface area contributed by atoms with E-state index < -0.39 is 11.8 Å². The second-order valence-electron chi connectivity index (χ2n) is 4.37. The summed E-state index contributed by atoms with van der Waals surface area (Å²) < 4.78 is 15.3. The number of nitrogens with zero attached hydrogens (tertiary/aromatic N) is 3. The predicted molar refractivity (Wildman–Crippen MR) is 70.1 cm³/mol. The number of halogens is 1. The number of hydrogen-bond acceptors (Lipinski definition) is 3. The molecule has 0 saturated carbocycles. The monoisotopic (exact) mass is 271 g/mol. The van der Waals surface area contributed by atoms with Crippen LogP contribution in [0.4, 0.5) is 4.39 Å². The van der Waals surface area contributed by atoms with E-state index in [1.54, 1.807) is 25.1 Å². The van der Waals surface area contributed by atoms with Gasteiger partial charge in [-0.3, -0.25) is 0 Å². The Kier molecular flexibility index (Phi) is 2.71. The molecule has 2 heterocycles. The highest BCUT2D eigenvalue weighted by molar-refractivity contribution is 5.94. The average Bonchev–Trinajstić information content (AvgIpc) is 2.84. The molecular formula is C14H10FN3O2. The fourth-order valence-electron chi connectivity index (χ4n) is 2.15. The fourth-order valence-corrected chi connectivity index (χ4v) is 2.15. The van der Waals surface area contributed by atoms with Crippen molar-refractivity contribution in [3.05, 3.63) is 53.6 Å². The van der Waals surface area contributed by atoms with Crippen molar-refractivity contribution in [2.24, 2.45) is 0 Å². The van der Waals surface area contributed by atoms with E-state index in [0.717, 1.165) is 0 Å². The van der Waals surface area contributed by atoms with E-state index in [1.165, 1.54) is 23.0 Å². The Labute approximate surface area is 113 Å². The molecule has 0 radical (unpaired) electrons. The molecule has 1 N–H and O–H groups in total. The van der Waals surface area contributed by atoms with Gasteiger partial charge in [-0.25, -0.2) is 18.7 Å². The number of rotatable bonds is 2.